The number of nitrogens with zero attached hydrogens (tertiary/aromatic N) is 1. The molecule has 0 saturated heterocycles. The fourth-order valence-electron chi connectivity index (χ4n) is 3.37. The number of fused-ring (bicyclic) bond motifs is 1. The molecule has 2 amide bonds. The monoisotopic (exact) mass is 451 g/mol. The number of halogens is 1. The van der Waals surface area contributed by atoms with Crippen LogP contribution in [-0.4, -0.2) is 31.2 Å². The van der Waals surface area contributed by atoms with Crippen molar-refractivity contribution >= 4 is 40.4 Å². The van der Waals surface area contributed by atoms with Gasteiger partial charge in [0.1, 0.15) is 11.8 Å². The number of hydrazone groups is 1. The standard InChI is InChI=1S/C25H26ClN3O3/c1-16(2)14-22(28-24(30)18-8-11-19(26)12-9-18)25(31)29-27-15-21-20-7-5-4-6-17(20)10-13-23(21)32-3/h4-13,15-16,22H,14H2,1-3H3,(H,28,30)(H,29,31). The molecule has 3 rings (SSSR count). The van der Waals surface area contributed by atoms with Crippen LogP contribution in [0.5, 0.6) is 5.75 Å². The fourth-order valence-corrected chi connectivity index (χ4v) is 3.50. The molecule has 1 atom stereocenters. The molecule has 0 fully saturated rings. The number of benzene rings is 3. The lowest BCUT2D eigenvalue weighted by Gasteiger charge is -2.19. The second-order valence-corrected chi connectivity index (χ2v) is 8.24. The summed E-state index contributed by atoms with van der Waals surface area (Å²) >= 11 is 5.89. The second kappa shape index (κ2) is 10.8. The van der Waals surface area contributed by atoms with E-state index in [0.717, 1.165) is 16.3 Å². The van der Waals surface area contributed by atoms with Gasteiger partial charge in [-0.3, -0.25) is 9.59 Å². The first-order valence-corrected chi connectivity index (χ1v) is 10.7. The van der Waals surface area contributed by atoms with Crippen LogP contribution in [0.2, 0.25) is 5.02 Å². The summed E-state index contributed by atoms with van der Waals surface area (Å²) in [5, 5.41) is 9.47. The van der Waals surface area contributed by atoms with Gasteiger partial charge in [-0.1, -0.05) is 55.8 Å². The molecule has 2 N–H and O–H groups in total. The average molecular weight is 452 g/mol. The van der Waals surface area contributed by atoms with E-state index in [-0.39, 0.29) is 11.8 Å². The van der Waals surface area contributed by atoms with Gasteiger partial charge in [-0.25, -0.2) is 5.43 Å². The predicted octanol–water partition coefficient (Wildman–Crippen LogP) is 4.80. The van der Waals surface area contributed by atoms with Crippen molar-refractivity contribution in [2.45, 2.75) is 26.3 Å². The van der Waals surface area contributed by atoms with Crippen LogP contribution < -0.4 is 15.5 Å². The Balaban J connectivity index is 1.75. The largest absolute Gasteiger partial charge is 0.496 e. The summed E-state index contributed by atoms with van der Waals surface area (Å²) in [6.45, 7) is 3.97. The molecule has 32 heavy (non-hydrogen) atoms. The summed E-state index contributed by atoms with van der Waals surface area (Å²) in [7, 11) is 1.59. The molecule has 0 aliphatic carbocycles. The van der Waals surface area contributed by atoms with Crippen molar-refractivity contribution in [2.24, 2.45) is 11.0 Å². The molecule has 0 heterocycles. The maximum atomic E-state index is 12.8. The van der Waals surface area contributed by atoms with Gasteiger partial charge in [0, 0.05) is 16.1 Å². The zero-order valence-electron chi connectivity index (χ0n) is 18.3. The zero-order chi connectivity index (χ0) is 23.1. The fraction of sp³-hybridized carbons (Fsp3) is 0.240. The first-order chi connectivity index (χ1) is 15.4. The number of ether oxygens (including phenoxy) is 1. The van der Waals surface area contributed by atoms with Crippen LogP contribution in [0.15, 0.2) is 65.8 Å². The Morgan fingerprint density at radius 3 is 2.47 bits per heavy atom. The molecule has 0 saturated carbocycles. The van der Waals surface area contributed by atoms with E-state index in [1.807, 2.05) is 50.2 Å². The van der Waals surface area contributed by atoms with Crippen molar-refractivity contribution in [1.29, 1.82) is 0 Å². The highest BCUT2D eigenvalue weighted by atomic mass is 35.5. The Labute approximate surface area is 192 Å². The predicted molar refractivity (Wildman–Crippen MR) is 128 cm³/mol. The minimum Gasteiger partial charge on any atom is -0.496 e. The topological polar surface area (TPSA) is 79.8 Å². The normalized spacial score (nSPS) is 12.2. The van der Waals surface area contributed by atoms with Gasteiger partial charge in [-0.05, 0) is 53.4 Å². The molecule has 0 spiro atoms. The molecule has 3 aromatic carbocycles. The summed E-state index contributed by atoms with van der Waals surface area (Å²) in [6, 6.07) is 17.5. The van der Waals surface area contributed by atoms with Crippen LogP contribution in [0, 0.1) is 5.92 Å². The summed E-state index contributed by atoms with van der Waals surface area (Å²) in [5.74, 6) is 0.105. The van der Waals surface area contributed by atoms with Crippen molar-refractivity contribution < 1.29 is 14.3 Å². The van der Waals surface area contributed by atoms with Gasteiger partial charge >= 0.3 is 0 Å². The van der Waals surface area contributed by atoms with Crippen LogP contribution in [0.3, 0.4) is 0 Å². The van der Waals surface area contributed by atoms with E-state index in [2.05, 4.69) is 15.8 Å². The molecular formula is C25H26ClN3O3. The Bertz CT molecular complexity index is 1130. The quantitative estimate of drug-likeness (QED) is 0.381. The Morgan fingerprint density at radius 2 is 1.78 bits per heavy atom. The molecule has 0 aliphatic heterocycles. The number of hydrogen-bond donors (Lipinski definition) is 2. The lowest BCUT2D eigenvalue weighted by molar-refractivity contribution is -0.123. The number of rotatable bonds is 8. The van der Waals surface area contributed by atoms with Crippen molar-refractivity contribution in [3.63, 3.8) is 0 Å². The molecule has 6 nitrogen and oxygen atoms in total. The number of carbonyl (C=O) groups is 2. The number of nitrogens with one attached hydrogen (secondary N) is 2. The van der Waals surface area contributed by atoms with Gasteiger partial charge in [0.05, 0.1) is 13.3 Å². The summed E-state index contributed by atoms with van der Waals surface area (Å²) in [6.07, 6.45) is 2.03. The number of amides is 2. The highest BCUT2D eigenvalue weighted by Gasteiger charge is 2.22. The van der Waals surface area contributed by atoms with E-state index in [0.29, 0.717) is 22.8 Å². The molecule has 0 bridgehead atoms. The smallest absolute Gasteiger partial charge is 0.262 e. The minimum absolute atomic E-state index is 0.193. The van der Waals surface area contributed by atoms with Gasteiger partial charge in [0.25, 0.3) is 11.8 Å². The number of carbonyl (C=O) groups excluding carboxylic acids is 2. The highest BCUT2D eigenvalue weighted by molar-refractivity contribution is 6.30. The molecule has 0 aliphatic rings. The van der Waals surface area contributed by atoms with Gasteiger partial charge in [-0.2, -0.15) is 5.10 Å². The number of hydrogen-bond acceptors (Lipinski definition) is 4. The van der Waals surface area contributed by atoms with Crippen LogP contribution in [0.25, 0.3) is 10.8 Å². The molecule has 166 valence electrons. The Kier molecular flexibility index (Phi) is 7.84. The Morgan fingerprint density at radius 1 is 1.06 bits per heavy atom. The SMILES string of the molecule is COc1ccc2ccccc2c1C=NNC(=O)C(CC(C)C)NC(=O)c1ccc(Cl)cc1. The van der Waals surface area contributed by atoms with E-state index in [1.165, 1.54) is 0 Å². The highest BCUT2D eigenvalue weighted by Crippen LogP contribution is 2.26. The average Bonchev–Trinajstić information content (AvgIpc) is 2.78. The van der Waals surface area contributed by atoms with Crippen molar-refractivity contribution in [3.8, 4) is 5.75 Å². The van der Waals surface area contributed by atoms with Crippen LogP contribution in [0.1, 0.15) is 36.2 Å². The minimum atomic E-state index is -0.732. The second-order valence-electron chi connectivity index (χ2n) is 7.80. The number of methoxy groups -OCH3 is 1. The van der Waals surface area contributed by atoms with Crippen LogP contribution in [-0.2, 0) is 4.79 Å². The van der Waals surface area contributed by atoms with E-state index < -0.39 is 11.9 Å². The summed E-state index contributed by atoms with van der Waals surface area (Å²) < 4.78 is 5.45. The lowest BCUT2D eigenvalue weighted by Crippen LogP contribution is -2.46. The summed E-state index contributed by atoms with van der Waals surface area (Å²) in [5.41, 5.74) is 3.75. The van der Waals surface area contributed by atoms with E-state index in [9.17, 15) is 9.59 Å². The third-order valence-corrected chi connectivity index (χ3v) is 5.21. The van der Waals surface area contributed by atoms with Gasteiger partial charge in [0.2, 0.25) is 0 Å². The van der Waals surface area contributed by atoms with Crippen LogP contribution in [0.4, 0.5) is 0 Å². The maximum absolute atomic E-state index is 12.8. The van der Waals surface area contributed by atoms with Gasteiger partial charge in [0.15, 0.2) is 0 Å². The summed E-state index contributed by atoms with van der Waals surface area (Å²) in [4.78, 5) is 25.4. The molecule has 0 radical (unpaired) electrons. The van der Waals surface area contributed by atoms with Crippen molar-refractivity contribution in [3.05, 3.63) is 76.8 Å². The lowest BCUT2D eigenvalue weighted by atomic mass is 10.0. The third kappa shape index (κ3) is 5.86. The zero-order valence-corrected chi connectivity index (χ0v) is 19.0. The van der Waals surface area contributed by atoms with Crippen molar-refractivity contribution in [2.75, 3.05) is 7.11 Å². The molecule has 3 aromatic rings. The Hall–Kier alpha value is -3.38. The van der Waals surface area contributed by atoms with Crippen molar-refractivity contribution in [1.82, 2.24) is 10.7 Å². The maximum Gasteiger partial charge on any atom is 0.262 e. The molecule has 0 aromatic heterocycles. The third-order valence-electron chi connectivity index (χ3n) is 4.95. The van der Waals surface area contributed by atoms with Crippen LogP contribution >= 0.6 is 11.6 Å². The van der Waals surface area contributed by atoms with E-state index in [1.54, 1.807) is 37.6 Å². The molecule has 1 unspecified atom stereocenters. The van der Waals surface area contributed by atoms with Gasteiger partial charge in [-0.15, -0.1) is 0 Å². The van der Waals surface area contributed by atoms with Gasteiger partial charge < -0.3 is 10.1 Å². The van der Waals surface area contributed by atoms with E-state index >= 15 is 0 Å². The first-order valence-electron chi connectivity index (χ1n) is 10.3. The first kappa shape index (κ1) is 23.3. The van der Waals surface area contributed by atoms with E-state index in [4.69, 9.17) is 16.3 Å². The molecular weight excluding hydrogens is 426 g/mol. The molecule has 7 heteroatoms.